The summed E-state index contributed by atoms with van der Waals surface area (Å²) in [6.45, 7) is 3.50. The van der Waals surface area contributed by atoms with Gasteiger partial charge in [-0.25, -0.2) is 4.79 Å². The molecule has 2 aliphatic heterocycles. The van der Waals surface area contributed by atoms with E-state index in [1.54, 1.807) is 4.90 Å². The molecule has 2 heterocycles. The van der Waals surface area contributed by atoms with Crippen LogP contribution in [-0.2, 0) is 11.3 Å². The van der Waals surface area contributed by atoms with Gasteiger partial charge in [-0.3, -0.25) is 9.59 Å². The van der Waals surface area contributed by atoms with Crippen LogP contribution in [0.5, 0.6) is 0 Å². The Bertz CT molecular complexity index is 653. The first-order valence-electron chi connectivity index (χ1n) is 9.31. The van der Waals surface area contributed by atoms with Crippen LogP contribution in [0.4, 0.5) is 4.79 Å². The molecule has 140 valence electrons. The monoisotopic (exact) mass is 358 g/mol. The van der Waals surface area contributed by atoms with Crippen LogP contribution in [0.1, 0.15) is 41.6 Å². The highest BCUT2D eigenvalue weighted by atomic mass is 16.2. The van der Waals surface area contributed by atoms with Crippen LogP contribution < -0.4 is 10.6 Å². The molecule has 0 aliphatic carbocycles. The molecule has 7 nitrogen and oxygen atoms in total. The fourth-order valence-electron chi connectivity index (χ4n) is 3.30. The van der Waals surface area contributed by atoms with Crippen molar-refractivity contribution in [3.63, 3.8) is 0 Å². The zero-order valence-electron chi connectivity index (χ0n) is 15.0. The lowest BCUT2D eigenvalue weighted by Crippen LogP contribution is -2.41. The number of nitrogens with zero attached hydrogens (tertiary/aromatic N) is 2. The molecule has 0 saturated carbocycles. The number of hydrogen-bond donors (Lipinski definition) is 2. The van der Waals surface area contributed by atoms with Crippen molar-refractivity contribution < 1.29 is 14.4 Å². The average molecular weight is 358 g/mol. The standard InChI is InChI=1S/C19H26N4O3/c24-17-8-12-23(13-9-20-17)19(26)21-14-15-4-6-16(7-5-15)18(25)22-10-2-1-3-11-22/h4-7H,1-3,8-14H2,(H,20,24)(H,21,26). The van der Waals surface area contributed by atoms with E-state index in [4.69, 9.17) is 0 Å². The Morgan fingerprint density at radius 2 is 1.69 bits per heavy atom. The van der Waals surface area contributed by atoms with Gasteiger partial charge < -0.3 is 20.4 Å². The van der Waals surface area contributed by atoms with Gasteiger partial charge in [0.1, 0.15) is 0 Å². The lowest BCUT2D eigenvalue weighted by Gasteiger charge is -2.26. The highest BCUT2D eigenvalue weighted by Gasteiger charge is 2.19. The Hall–Kier alpha value is -2.57. The highest BCUT2D eigenvalue weighted by molar-refractivity contribution is 5.94. The van der Waals surface area contributed by atoms with Crippen molar-refractivity contribution in [1.29, 1.82) is 0 Å². The van der Waals surface area contributed by atoms with E-state index in [0.29, 0.717) is 38.2 Å². The smallest absolute Gasteiger partial charge is 0.317 e. The Kier molecular flexibility index (Phi) is 6.09. The Morgan fingerprint density at radius 1 is 0.962 bits per heavy atom. The summed E-state index contributed by atoms with van der Waals surface area (Å²) in [6, 6.07) is 7.24. The number of carbonyl (C=O) groups excluding carboxylic acids is 3. The molecule has 2 aliphatic rings. The summed E-state index contributed by atoms with van der Waals surface area (Å²) in [5.74, 6) is 0.0660. The van der Waals surface area contributed by atoms with Crippen molar-refractivity contribution in [1.82, 2.24) is 20.4 Å². The molecule has 1 aromatic rings. The van der Waals surface area contributed by atoms with Gasteiger partial charge in [-0.1, -0.05) is 12.1 Å². The van der Waals surface area contributed by atoms with Crippen molar-refractivity contribution in [2.75, 3.05) is 32.7 Å². The molecule has 0 unspecified atom stereocenters. The van der Waals surface area contributed by atoms with Crippen molar-refractivity contribution in [3.05, 3.63) is 35.4 Å². The molecule has 2 N–H and O–H groups in total. The number of hydrogen-bond acceptors (Lipinski definition) is 3. The van der Waals surface area contributed by atoms with Crippen molar-refractivity contribution in [2.24, 2.45) is 0 Å². The Balaban J connectivity index is 1.50. The fraction of sp³-hybridized carbons (Fsp3) is 0.526. The van der Waals surface area contributed by atoms with Gasteiger partial charge in [-0.15, -0.1) is 0 Å². The van der Waals surface area contributed by atoms with Crippen molar-refractivity contribution >= 4 is 17.8 Å². The number of piperidine rings is 1. The van der Waals surface area contributed by atoms with E-state index in [-0.39, 0.29) is 17.8 Å². The topological polar surface area (TPSA) is 81.8 Å². The second-order valence-electron chi connectivity index (χ2n) is 6.80. The van der Waals surface area contributed by atoms with Crippen molar-refractivity contribution in [3.8, 4) is 0 Å². The Labute approximate surface area is 153 Å². The molecule has 4 amide bonds. The third-order valence-electron chi connectivity index (χ3n) is 4.89. The van der Waals surface area contributed by atoms with E-state index in [0.717, 1.165) is 31.5 Å². The van der Waals surface area contributed by atoms with E-state index in [1.165, 1.54) is 6.42 Å². The van der Waals surface area contributed by atoms with Crippen LogP contribution in [-0.4, -0.2) is 60.4 Å². The molecule has 7 heteroatoms. The molecule has 2 fully saturated rings. The van der Waals surface area contributed by atoms with Crippen LogP contribution in [0.25, 0.3) is 0 Å². The van der Waals surface area contributed by atoms with Crippen LogP contribution in [0.15, 0.2) is 24.3 Å². The van der Waals surface area contributed by atoms with Gasteiger partial charge in [0.25, 0.3) is 5.91 Å². The van der Waals surface area contributed by atoms with E-state index in [1.807, 2.05) is 29.2 Å². The SMILES string of the molecule is O=C1CCN(C(=O)NCc2ccc(C(=O)N3CCCCC3)cc2)CCN1. The summed E-state index contributed by atoms with van der Waals surface area (Å²) >= 11 is 0. The lowest BCUT2D eigenvalue weighted by atomic mass is 10.1. The van der Waals surface area contributed by atoms with Crippen LogP contribution in [0, 0.1) is 0 Å². The summed E-state index contributed by atoms with van der Waals surface area (Å²) in [6.07, 6.45) is 3.69. The number of urea groups is 1. The minimum absolute atomic E-state index is 0.0192. The third-order valence-corrected chi connectivity index (χ3v) is 4.89. The largest absolute Gasteiger partial charge is 0.354 e. The maximum Gasteiger partial charge on any atom is 0.317 e. The van der Waals surface area contributed by atoms with Crippen LogP contribution in [0.3, 0.4) is 0 Å². The zero-order valence-corrected chi connectivity index (χ0v) is 15.0. The first-order chi connectivity index (χ1) is 12.6. The van der Waals surface area contributed by atoms with E-state index >= 15 is 0 Å². The first kappa shape index (κ1) is 18.2. The Morgan fingerprint density at radius 3 is 2.42 bits per heavy atom. The molecular weight excluding hydrogens is 332 g/mol. The first-order valence-corrected chi connectivity index (χ1v) is 9.31. The van der Waals surface area contributed by atoms with Crippen LogP contribution >= 0.6 is 0 Å². The molecular formula is C19H26N4O3. The second-order valence-corrected chi connectivity index (χ2v) is 6.80. The number of benzene rings is 1. The van der Waals surface area contributed by atoms with Gasteiger partial charge in [0.05, 0.1) is 0 Å². The number of likely N-dealkylation sites (tertiary alicyclic amines) is 1. The lowest BCUT2D eigenvalue weighted by molar-refractivity contribution is -0.120. The second kappa shape index (κ2) is 8.69. The van der Waals surface area contributed by atoms with E-state index < -0.39 is 0 Å². The average Bonchev–Trinajstić information content (AvgIpc) is 2.91. The summed E-state index contributed by atoms with van der Waals surface area (Å²) in [7, 11) is 0. The minimum atomic E-state index is -0.171. The van der Waals surface area contributed by atoms with Gasteiger partial charge in [-0.2, -0.15) is 0 Å². The van der Waals surface area contributed by atoms with Gasteiger partial charge in [0.2, 0.25) is 5.91 Å². The highest BCUT2D eigenvalue weighted by Crippen LogP contribution is 2.14. The minimum Gasteiger partial charge on any atom is -0.354 e. The number of nitrogens with one attached hydrogen (secondary N) is 2. The fourth-order valence-corrected chi connectivity index (χ4v) is 3.30. The molecule has 0 aromatic heterocycles. The number of rotatable bonds is 3. The van der Waals surface area contributed by atoms with Crippen molar-refractivity contribution in [2.45, 2.75) is 32.2 Å². The maximum absolute atomic E-state index is 12.5. The molecule has 26 heavy (non-hydrogen) atoms. The quantitative estimate of drug-likeness (QED) is 0.856. The molecule has 2 saturated heterocycles. The number of carbonyl (C=O) groups is 3. The van der Waals surface area contributed by atoms with E-state index in [2.05, 4.69) is 10.6 Å². The van der Waals surface area contributed by atoms with Gasteiger partial charge in [-0.05, 0) is 37.0 Å². The van der Waals surface area contributed by atoms with Gasteiger partial charge in [0, 0.05) is 51.3 Å². The molecule has 3 rings (SSSR count). The normalized spacial score (nSPS) is 18.1. The molecule has 0 spiro atoms. The summed E-state index contributed by atoms with van der Waals surface area (Å²) in [5.41, 5.74) is 1.64. The molecule has 0 radical (unpaired) electrons. The maximum atomic E-state index is 12.5. The molecule has 0 atom stereocenters. The molecule has 0 bridgehead atoms. The summed E-state index contributed by atoms with van der Waals surface area (Å²) in [4.78, 5) is 39.6. The zero-order chi connectivity index (χ0) is 18.4. The van der Waals surface area contributed by atoms with Gasteiger partial charge >= 0.3 is 6.03 Å². The summed E-state index contributed by atoms with van der Waals surface area (Å²) in [5, 5.41) is 5.63. The predicted octanol–water partition coefficient (Wildman–Crippen LogP) is 1.34. The number of amides is 4. The van der Waals surface area contributed by atoms with Gasteiger partial charge in [0.15, 0.2) is 0 Å². The predicted molar refractivity (Wildman–Crippen MR) is 97.6 cm³/mol. The third kappa shape index (κ3) is 4.74. The summed E-state index contributed by atoms with van der Waals surface area (Å²) < 4.78 is 0. The van der Waals surface area contributed by atoms with Crippen LogP contribution in [0.2, 0.25) is 0 Å². The molecule has 1 aromatic carbocycles. The van der Waals surface area contributed by atoms with E-state index in [9.17, 15) is 14.4 Å².